The van der Waals surface area contributed by atoms with Gasteiger partial charge in [0, 0.05) is 35.6 Å². The van der Waals surface area contributed by atoms with Gasteiger partial charge in [-0.25, -0.2) is 0 Å². The molecule has 0 spiro atoms. The van der Waals surface area contributed by atoms with Gasteiger partial charge in [0.25, 0.3) is 0 Å². The first-order chi connectivity index (χ1) is 15.8. The Morgan fingerprint density at radius 3 is 2.82 bits per heavy atom. The number of fused-ring (bicyclic) bond motifs is 2. The molecule has 5 heteroatoms. The summed E-state index contributed by atoms with van der Waals surface area (Å²) in [7, 11) is 0. The van der Waals surface area contributed by atoms with E-state index in [4.69, 9.17) is 9.47 Å². The van der Waals surface area contributed by atoms with Gasteiger partial charge >= 0.3 is 0 Å². The van der Waals surface area contributed by atoms with E-state index in [1.807, 2.05) is 13.0 Å². The third kappa shape index (κ3) is 4.60. The lowest BCUT2D eigenvalue weighted by atomic mass is 9.88. The van der Waals surface area contributed by atoms with Crippen LogP contribution in [-0.2, 0) is 16.0 Å². The van der Waals surface area contributed by atoms with Gasteiger partial charge in [-0.05, 0) is 81.5 Å². The molecule has 1 fully saturated rings. The van der Waals surface area contributed by atoms with Gasteiger partial charge in [-0.1, -0.05) is 18.2 Å². The van der Waals surface area contributed by atoms with Crippen LogP contribution in [0.15, 0.2) is 42.5 Å². The first-order valence-corrected chi connectivity index (χ1v) is 11.9. The molecule has 1 N–H and O–H groups in total. The number of nitrogens with one attached hydrogen (secondary N) is 1. The molecule has 5 rings (SSSR count). The molecule has 2 aromatic carbocycles. The number of pyridine rings is 1. The van der Waals surface area contributed by atoms with E-state index in [2.05, 4.69) is 67.5 Å². The first kappa shape index (κ1) is 21.9. The molecular weight excluding hydrogens is 412 g/mol. The third-order valence-electron chi connectivity index (χ3n) is 6.75. The second-order valence-electron chi connectivity index (χ2n) is 10.1. The summed E-state index contributed by atoms with van der Waals surface area (Å²) in [5.41, 5.74) is 6.43. The summed E-state index contributed by atoms with van der Waals surface area (Å²) in [4.78, 5) is 17.4. The number of carbonyl (C=O) groups excluding carboxylic acids is 1. The summed E-state index contributed by atoms with van der Waals surface area (Å²) in [5.74, 6) is 1.05. The van der Waals surface area contributed by atoms with Crippen molar-refractivity contribution in [3.05, 3.63) is 59.3 Å². The van der Waals surface area contributed by atoms with Crippen molar-refractivity contribution < 1.29 is 14.3 Å². The zero-order chi connectivity index (χ0) is 23.2. The van der Waals surface area contributed by atoms with Gasteiger partial charge in [-0.15, -0.1) is 0 Å². The zero-order valence-electron chi connectivity index (χ0n) is 19.9. The van der Waals surface area contributed by atoms with Crippen LogP contribution in [0.2, 0.25) is 0 Å². The Hall–Kier alpha value is -2.92. The van der Waals surface area contributed by atoms with E-state index in [1.54, 1.807) is 0 Å². The molecule has 172 valence electrons. The summed E-state index contributed by atoms with van der Waals surface area (Å²) in [5, 5.41) is 4.26. The summed E-state index contributed by atoms with van der Waals surface area (Å²) in [6, 6.07) is 14.9. The van der Waals surface area contributed by atoms with Crippen LogP contribution in [0.1, 0.15) is 43.5 Å². The van der Waals surface area contributed by atoms with Crippen molar-refractivity contribution in [1.82, 2.24) is 10.3 Å². The fourth-order valence-electron chi connectivity index (χ4n) is 5.13. The first-order valence-electron chi connectivity index (χ1n) is 11.9. The summed E-state index contributed by atoms with van der Waals surface area (Å²) in [6.07, 6.45) is 2.28. The second kappa shape index (κ2) is 8.45. The Bertz CT molecular complexity index is 1220. The fourth-order valence-corrected chi connectivity index (χ4v) is 5.13. The lowest BCUT2D eigenvalue weighted by Gasteiger charge is -2.34. The largest absolute Gasteiger partial charge is 0.487 e. The van der Waals surface area contributed by atoms with Gasteiger partial charge < -0.3 is 14.8 Å². The number of hydrogen-bond donors (Lipinski definition) is 1. The van der Waals surface area contributed by atoms with E-state index in [9.17, 15) is 4.79 Å². The average molecular weight is 445 g/mol. The smallest absolute Gasteiger partial charge is 0.223 e. The molecule has 2 aliphatic heterocycles. The molecule has 1 saturated heterocycles. The molecule has 1 amide bonds. The van der Waals surface area contributed by atoms with Crippen molar-refractivity contribution in [2.75, 3.05) is 13.2 Å². The van der Waals surface area contributed by atoms with Crippen molar-refractivity contribution in [2.45, 2.75) is 58.7 Å². The number of rotatable bonds is 4. The van der Waals surface area contributed by atoms with Crippen molar-refractivity contribution in [3.8, 4) is 16.9 Å². The highest BCUT2D eigenvalue weighted by molar-refractivity contribution is 5.86. The molecule has 33 heavy (non-hydrogen) atoms. The van der Waals surface area contributed by atoms with E-state index in [1.165, 1.54) is 11.1 Å². The fraction of sp³-hybridized carbons (Fsp3) is 0.429. The second-order valence-corrected chi connectivity index (χ2v) is 10.1. The van der Waals surface area contributed by atoms with Crippen LogP contribution in [0.4, 0.5) is 0 Å². The van der Waals surface area contributed by atoms with Crippen LogP contribution in [0, 0.1) is 19.8 Å². The van der Waals surface area contributed by atoms with Crippen LogP contribution in [0.3, 0.4) is 0 Å². The number of ether oxygens (including phenoxy) is 2. The lowest BCUT2D eigenvalue weighted by molar-refractivity contribution is -0.135. The van der Waals surface area contributed by atoms with Crippen molar-refractivity contribution >= 4 is 16.8 Å². The maximum atomic E-state index is 12.8. The Morgan fingerprint density at radius 2 is 2.00 bits per heavy atom. The monoisotopic (exact) mass is 444 g/mol. The van der Waals surface area contributed by atoms with Gasteiger partial charge in [0.2, 0.25) is 5.91 Å². The molecule has 0 aliphatic carbocycles. The summed E-state index contributed by atoms with van der Waals surface area (Å²) < 4.78 is 12.2. The highest BCUT2D eigenvalue weighted by atomic mass is 16.5. The normalized spacial score (nSPS) is 21.5. The van der Waals surface area contributed by atoms with Crippen LogP contribution >= 0.6 is 0 Å². The summed E-state index contributed by atoms with van der Waals surface area (Å²) >= 11 is 0. The van der Waals surface area contributed by atoms with Crippen molar-refractivity contribution in [2.24, 2.45) is 5.92 Å². The number of hydrogen-bond acceptors (Lipinski definition) is 4. The average Bonchev–Trinajstić information content (AvgIpc) is 3.18. The third-order valence-corrected chi connectivity index (χ3v) is 6.75. The van der Waals surface area contributed by atoms with Crippen LogP contribution < -0.4 is 10.1 Å². The van der Waals surface area contributed by atoms with Crippen LogP contribution in [-0.4, -0.2) is 35.7 Å². The standard InChI is InChI=1S/C28H32N2O3/c1-17-11-22-14-23(16-29-27(31)21-9-10-32-28(3,4)15-21)33-26(22)24(12-17)19-7-8-25-20(13-19)6-5-18(2)30-25/h5-8,11-13,21,23H,9-10,14-16H2,1-4H3,(H,29,31)/t21-,23+/m1/s1. The lowest BCUT2D eigenvalue weighted by Crippen LogP contribution is -2.43. The minimum atomic E-state index is -0.235. The van der Waals surface area contributed by atoms with Gasteiger partial charge in [-0.3, -0.25) is 9.78 Å². The van der Waals surface area contributed by atoms with Gasteiger partial charge in [-0.2, -0.15) is 0 Å². The molecule has 3 aromatic rings. The molecule has 0 radical (unpaired) electrons. The predicted octanol–water partition coefficient (Wildman–Crippen LogP) is 5.14. The Labute approximate surface area is 195 Å². The Morgan fingerprint density at radius 1 is 1.15 bits per heavy atom. The number of nitrogens with zero attached hydrogens (tertiary/aromatic N) is 1. The van der Waals surface area contributed by atoms with Gasteiger partial charge in [0.05, 0.1) is 17.7 Å². The number of carbonyl (C=O) groups is 1. The maximum Gasteiger partial charge on any atom is 0.223 e. The molecule has 0 unspecified atom stereocenters. The minimum absolute atomic E-state index is 0.00480. The van der Waals surface area contributed by atoms with E-state index in [0.717, 1.165) is 52.7 Å². The van der Waals surface area contributed by atoms with Crippen LogP contribution in [0.5, 0.6) is 5.75 Å². The number of aryl methyl sites for hydroxylation is 2. The molecule has 0 bridgehead atoms. The van der Waals surface area contributed by atoms with Gasteiger partial charge in [0.15, 0.2) is 0 Å². The molecular formula is C28H32N2O3. The molecule has 0 saturated carbocycles. The highest BCUT2D eigenvalue weighted by Gasteiger charge is 2.34. The van der Waals surface area contributed by atoms with E-state index in [-0.39, 0.29) is 23.5 Å². The molecule has 5 nitrogen and oxygen atoms in total. The quantitative estimate of drug-likeness (QED) is 0.605. The maximum absolute atomic E-state index is 12.8. The number of aromatic nitrogens is 1. The SMILES string of the molecule is Cc1cc2c(c(-c3ccc4nc(C)ccc4c3)c1)O[C@H](CNC(=O)[C@@H]1CCOC(C)(C)C1)C2. The zero-order valence-corrected chi connectivity index (χ0v) is 19.9. The van der Waals surface area contributed by atoms with Crippen molar-refractivity contribution in [1.29, 1.82) is 0 Å². The number of benzene rings is 2. The Balaban J connectivity index is 1.32. The molecule has 3 heterocycles. The van der Waals surface area contributed by atoms with Crippen LogP contribution in [0.25, 0.3) is 22.0 Å². The topological polar surface area (TPSA) is 60.5 Å². The summed E-state index contributed by atoms with van der Waals surface area (Å²) in [6.45, 7) is 9.40. The highest BCUT2D eigenvalue weighted by Crippen LogP contribution is 2.40. The molecule has 2 atom stereocenters. The van der Waals surface area contributed by atoms with Crippen molar-refractivity contribution in [3.63, 3.8) is 0 Å². The molecule has 1 aromatic heterocycles. The van der Waals surface area contributed by atoms with E-state index >= 15 is 0 Å². The van der Waals surface area contributed by atoms with Gasteiger partial charge in [0.1, 0.15) is 11.9 Å². The minimum Gasteiger partial charge on any atom is -0.487 e. The molecule has 2 aliphatic rings. The van der Waals surface area contributed by atoms with E-state index < -0.39 is 0 Å². The Kier molecular flexibility index (Phi) is 5.61. The predicted molar refractivity (Wildman–Crippen MR) is 131 cm³/mol. The number of amides is 1. The van der Waals surface area contributed by atoms with E-state index in [0.29, 0.717) is 13.2 Å².